The summed E-state index contributed by atoms with van der Waals surface area (Å²) >= 11 is 0. The molecule has 1 saturated carbocycles. The molecule has 0 radical (unpaired) electrons. The molecular weight excluding hydrogens is 224 g/mol. The third kappa shape index (κ3) is 2.53. The maximum absolute atomic E-state index is 4.51. The molecule has 1 N–H and O–H groups in total. The molecule has 1 saturated heterocycles. The highest BCUT2D eigenvalue weighted by atomic mass is 15.2. The molecule has 2 aliphatic rings. The molecule has 1 aliphatic heterocycles. The number of nitrogens with zero attached hydrogens (tertiary/aromatic N) is 3. The molecule has 100 valence electrons. The van der Waals surface area contributed by atoms with Gasteiger partial charge in [-0.1, -0.05) is 12.8 Å². The second-order valence-electron chi connectivity index (χ2n) is 5.82. The van der Waals surface area contributed by atoms with Crippen molar-refractivity contribution in [3.63, 3.8) is 0 Å². The first-order chi connectivity index (χ1) is 8.83. The number of anilines is 1. The van der Waals surface area contributed by atoms with Gasteiger partial charge in [-0.2, -0.15) is 0 Å². The van der Waals surface area contributed by atoms with Crippen LogP contribution in [0.15, 0.2) is 12.4 Å². The number of imidazole rings is 1. The lowest BCUT2D eigenvalue weighted by atomic mass is 10.1. The molecule has 1 aromatic rings. The van der Waals surface area contributed by atoms with E-state index in [0.29, 0.717) is 12.1 Å². The Morgan fingerprint density at radius 2 is 1.89 bits per heavy atom. The molecule has 0 aromatic carbocycles. The van der Waals surface area contributed by atoms with E-state index in [1.165, 1.54) is 51.6 Å². The molecule has 0 unspecified atom stereocenters. The van der Waals surface area contributed by atoms with Crippen molar-refractivity contribution in [2.45, 2.75) is 50.6 Å². The fourth-order valence-electron chi connectivity index (χ4n) is 3.25. The number of rotatable bonds is 3. The molecule has 4 nitrogen and oxygen atoms in total. The molecule has 0 amide bonds. The Balaban J connectivity index is 1.66. The molecule has 4 heteroatoms. The minimum absolute atomic E-state index is 0.632. The Morgan fingerprint density at radius 1 is 1.17 bits per heavy atom. The molecule has 2 fully saturated rings. The zero-order valence-corrected chi connectivity index (χ0v) is 11.3. The van der Waals surface area contributed by atoms with Crippen LogP contribution in [0.25, 0.3) is 0 Å². The highest BCUT2D eigenvalue weighted by Gasteiger charge is 2.22. The minimum atomic E-state index is 0.632. The largest absolute Gasteiger partial charge is 0.353 e. The molecule has 1 aliphatic carbocycles. The number of hydrogen-bond donors (Lipinski definition) is 1. The fraction of sp³-hybridized carbons (Fsp3) is 0.786. The summed E-state index contributed by atoms with van der Waals surface area (Å²) in [7, 11) is 2.21. The van der Waals surface area contributed by atoms with Crippen molar-refractivity contribution in [2.24, 2.45) is 0 Å². The normalized spacial score (nSPS) is 23.6. The van der Waals surface area contributed by atoms with Crippen molar-refractivity contribution in [3.8, 4) is 0 Å². The minimum Gasteiger partial charge on any atom is -0.353 e. The van der Waals surface area contributed by atoms with Gasteiger partial charge in [0.1, 0.15) is 0 Å². The van der Waals surface area contributed by atoms with Gasteiger partial charge in [-0.05, 0) is 45.8 Å². The number of aromatic nitrogens is 2. The van der Waals surface area contributed by atoms with Crippen LogP contribution < -0.4 is 5.32 Å². The van der Waals surface area contributed by atoms with Gasteiger partial charge >= 0.3 is 0 Å². The SMILES string of the molecule is CN1CCC(n2ccnc2NC2CCCC2)CC1. The first kappa shape index (κ1) is 12.0. The summed E-state index contributed by atoms with van der Waals surface area (Å²) < 4.78 is 2.37. The van der Waals surface area contributed by atoms with E-state index < -0.39 is 0 Å². The standard InChI is InChI=1S/C14H24N4/c1-17-9-6-13(7-10-17)18-11-8-15-14(18)16-12-4-2-3-5-12/h8,11-13H,2-7,9-10H2,1H3,(H,15,16). The monoisotopic (exact) mass is 248 g/mol. The summed E-state index contributed by atoms with van der Waals surface area (Å²) in [6.45, 7) is 2.40. The van der Waals surface area contributed by atoms with Gasteiger partial charge in [0.2, 0.25) is 5.95 Å². The van der Waals surface area contributed by atoms with Gasteiger partial charge in [0.05, 0.1) is 0 Å². The average molecular weight is 248 g/mol. The maximum Gasteiger partial charge on any atom is 0.203 e. The molecule has 3 rings (SSSR count). The van der Waals surface area contributed by atoms with Crippen LogP contribution in [0, 0.1) is 0 Å². The second-order valence-corrected chi connectivity index (χ2v) is 5.82. The van der Waals surface area contributed by atoms with E-state index in [1.54, 1.807) is 0 Å². The molecule has 0 spiro atoms. The highest BCUT2D eigenvalue weighted by molar-refractivity contribution is 5.29. The summed E-state index contributed by atoms with van der Waals surface area (Å²) in [4.78, 5) is 6.93. The number of piperidine rings is 1. The predicted molar refractivity (Wildman–Crippen MR) is 73.9 cm³/mol. The van der Waals surface area contributed by atoms with Crippen LogP contribution in [0.3, 0.4) is 0 Å². The van der Waals surface area contributed by atoms with E-state index in [2.05, 4.69) is 33.0 Å². The van der Waals surface area contributed by atoms with Gasteiger partial charge in [-0.15, -0.1) is 0 Å². The first-order valence-electron chi connectivity index (χ1n) is 7.31. The third-order valence-corrected chi connectivity index (χ3v) is 4.44. The molecule has 1 aromatic heterocycles. The molecule has 2 heterocycles. The number of likely N-dealkylation sites (tertiary alicyclic amines) is 1. The number of nitrogens with one attached hydrogen (secondary N) is 1. The quantitative estimate of drug-likeness (QED) is 0.892. The predicted octanol–water partition coefficient (Wildman–Crippen LogP) is 2.50. The lowest BCUT2D eigenvalue weighted by Gasteiger charge is -2.31. The van der Waals surface area contributed by atoms with Gasteiger partial charge in [0.15, 0.2) is 0 Å². The van der Waals surface area contributed by atoms with Crippen molar-refractivity contribution in [2.75, 3.05) is 25.5 Å². The fourth-order valence-corrected chi connectivity index (χ4v) is 3.25. The third-order valence-electron chi connectivity index (χ3n) is 4.44. The van der Waals surface area contributed by atoms with Gasteiger partial charge in [-0.25, -0.2) is 4.98 Å². The van der Waals surface area contributed by atoms with Crippen molar-refractivity contribution in [1.82, 2.24) is 14.5 Å². The Kier molecular flexibility index (Phi) is 3.55. The topological polar surface area (TPSA) is 33.1 Å². The smallest absolute Gasteiger partial charge is 0.203 e. The lowest BCUT2D eigenvalue weighted by Crippen LogP contribution is -2.32. The summed E-state index contributed by atoms with van der Waals surface area (Å²) in [5, 5.41) is 3.64. The van der Waals surface area contributed by atoms with Crippen LogP contribution in [-0.4, -0.2) is 40.6 Å². The van der Waals surface area contributed by atoms with E-state index in [4.69, 9.17) is 0 Å². The molecule has 0 bridgehead atoms. The Hall–Kier alpha value is -1.03. The van der Waals surface area contributed by atoms with Gasteiger partial charge in [0, 0.05) is 24.5 Å². The summed E-state index contributed by atoms with van der Waals surface area (Å²) in [5.41, 5.74) is 0. The van der Waals surface area contributed by atoms with Crippen LogP contribution in [0.2, 0.25) is 0 Å². The van der Waals surface area contributed by atoms with E-state index in [9.17, 15) is 0 Å². The second kappa shape index (κ2) is 5.31. The van der Waals surface area contributed by atoms with Gasteiger partial charge in [0.25, 0.3) is 0 Å². The molecule has 18 heavy (non-hydrogen) atoms. The maximum atomic E-state index is 4.51. The Morgan fingerprint density at radius 3 is 2.61 bits per heavy atom. The van der Waals surface area contributed by atoms with Crippen LogP contribution >= 0.6 is 0 Å². The van der Waals surface area contributed by atoms with E-state index in [1.807, 2.05) is 6.20 Å². The zero-order chi connectivity index (χ0) is 12.4. The van der Waals surface area contributed by atoms with Gasteiger partial charge < -0.3 is 14.8 Å². The summed E-state index contributed by atoms with van der Waals surface area (Å²) in [5.74, 6) is 1.09. The summed E-state index contributed by atoms with van der Waals surface area (Å²) in [6.07, 6.45) is 11.9. The van der Waals surface area contributed by atoms with Crippen LogP contribution in [0.4, 0.5) is 5.95 Å². The summed E-state index contributed by atoms with van der Waals surface area (Å²) in [6, 6.07) is 1.28. The number of hydrogen-bond acceptors (Lipinski definition) is 3. The van der Waals surface area contributed by atoms with E-state index in [0.717, 1.165) is 5.95 Å². The first-order valence-corrected chi connectivity index (χ1v) is 7.31. The highest BCUT2D eigenvalue weighted by Crippen LogP contribution is 2.27. The average Bonchev–Trinajstić information content (AvgIpc) is 3.02. The Labute approximate surface area is 109 Å². The van der Waals surface area contributed by atoms with Crippen molar-refractivity contribution >= 4 is 5.95 Å². The Bertz CT molecular complexity index is 373. The molecular formula is C14H24N4. The zero-order valence-electron chi connectivity index (χ0n) is 11.3. The van der Waals surface area contributed by atoms with Crippen LogP contribution in [0.5, 0.6) is 0 Å². The van der Waals surface area contributed by atoms with Gasteiger partial charge in [-0.3, -0.25) is 0 Å². The lowest BCUT2D eigenvalue weighted by molar-refractivity contribution is 0.222. The van der Waals surface area contributed by atoms with E-state index in [-0.39, 0.29) is 0 Å². The molecule has 0 atom stereocenters. The van der Waals surface area contributed by atoms with Crippen molar-refractivity contribution < 1.29 is 0 Å². The van der Waals surface area contributed by atoms with Crippen molar-refractivity contribution in [3.05, 3.63) is 12.4 Å². The van der Waals surface area contributed by atoms with Crippen LogP contribution in [0.1, 0.15) is 44.6 Å². The van der Waals surface area contributed by atoms with Crippen LogP contribution in [-0.2, 0) is 0 Å². The van der Waals surface area contributed by atoms with Crippen molar-refractivity contribution in [1.29, 1.82) is 0 Å². The van der Waals surface area contributed by atoms with E-state index >= 15 is 0 Å².